The Hall–Kier alpha value is -1.92. The Balaban J connectivity index is 2.29. The number of carbonyl (C=O) groups is 2. The molecule has 22 heavy (non-hydrogen) atoms. The van der Waals surface area contributed by atoms with Crippen molar-refractivity contribution in [3.8, 4) is 0 Å². The number of hydrogen-bond donors (Lipinski definition) is 2. The van der Waals surface area contributed by atoms with Crippen LogP contribution in [0.25, 0.3) is 22.3 Å². The number of Topliss-reactive ketones (excluding diaryl/α,β-unsaturated/α-hetero) is 2. The van der Waals surface area contributed by atoms with Gasteiger partial charge in [-0.05, 0) is 56.1 Å². The first kappa shape index (κ1) is 13.7. The molecule has 108 valence electrons. The molecule has 0 aliphatic heterocycles. The Bertz CT molecular complexity index is 918. The topological polar surface area (TPSA) is 74.6 Å². The van der Waals surface area contributed by atoms with E-state index in [0.29, 0.717) is 33.0 Å². The van der Waals surface area contributed by atoms with Crippen molar-refractivity contribution in [1.82, 2.24) is 0 Å². The van der Waals surface area contributed by atoms with E-state index in [1.54, 1.807) is 24.3 Å². The van der Waals surface area contributed by atoms with Gasteiger partial charge in [-0.2, -0.15) is 0 Å². The molecule has 2 aromatic rings. The summed E-state index contributed by atoms with van der Waals surface area (Å²) in [6, 6.07) is 6.39. The number of rotatable bonds is 0. The lowest BCUT2D eigenvalue weighted by Gasteiger charge is -2.23. The molecule has 2 aliphatic rings. The van der Waals surface area contributed by atoms with Gasteiger partial charge in [-0.25, -0.2) is 0 Å². The fraction of sp³-hybridized carbons (Fsp3) is 0. The maximum absolute atomic E-state index is 12.3. The van der Waals surface area contributed by atoms with E-state index in [1.807, 2.05) is 0 Å². The Labute approximate surface area is 141 Å². The van der Waals surface area contributed by atoms with Crippen LogP contribution >= 0.6 is 31.9 Å². The van der Waals surface area contributed by atoms with Crippen molar-refractivity contribution in [3.63, 3.8) is 0 Å². The fourth-order valence-corrected chi connectivity index (χ4v) is 3.81. The van der Waals surface area contributed by atoms with E-state index >= 15 is 0 Å². The van der Waals surface area contributed by atoms with Crippen LogP contribution in [0, 0.1) is 0 Å². The normalized spacial score (nSPS) is 16.8. The quantitative estimate of drug-likeness (QED) is 0.657. The number of aliphatic hydroxyl groups excluding tert-OH is 2. The molecule has 0 saturated carbocycles. The van der Waals surface area contributed by atoms with Gasteiger partial charge in [0.25, 0.3) is 0 Å². The lowest BCUT2D eigenvalue weighted by Crippen LogP contribution is -2.15. The third-order valence-corrected chi connectivity index (χ3v) is 5.45. The molecule has 0 fully saturated rings. The van der Waals surface area contributed by atoms with Gasteiger partial charge in [-0.15, -0.1) is 0 Å². The number of allylic oxidation sites excluding steroid dienone is 2. The highest BCUT2D eigenvalue weighted by Gasteiger charge is 2.33. The van der Waals surface area contributed by atoms with Crippen LogP contribution in [0.4, 0.5) is 0 Å². The summed E-state index contributed by atoms with van der Waals surface area (Å²) in [5.41, 5.74) is 1.69. The van der Waals surface area contributed by atoms with Crippen molar-refractivity contribution in [2.45, 2.75) is 0 Å². The number of benzene rings is 2. The Morgan fingerprint density at radius 1 is 0.636 bits per heavy atom. The van der Waals surface area contributed by atoms with Crippen LogP contribution in [0.3, 0.4) is 0 Å². The van der Waals surface area contributed by atoms with Gasteiger partial charge < -0.3 is 10.2 Å². The van der Waals surface area contributed by atoms with Crippen LogP contribution < -0.4 is 0 Å². The summed E-state index contributed by atoms with van der Waals surface area (Å²) in [5, 5.41) is 21.4. The maximum atomic E-state index is 12.3. The third kappa shape index (κ3) is 1.46. The first-order valence-electron chi connectivity index (χ1n) is 6.30. The minimum atomic E-state index is -0.353. The monoisotopic (exact) mass is 420 g/mol. The lowest BCUT2D eigenvalue weighted by atomic mass is 9.83. The molecule has 0 aromatic heterocycles. The molecule has 0 radical (unpaired) electrons. The van der Waals surface area contributed by atoms with E-state index in [0.717, 1.165) is 0 Å². The van der Waals surface area contributed by atoms with Crippen LogP contribution in [0.15, 0.2) is 33.2 Å². The van der Waals surface area contributed by atoms with Crippen molar-refractivity contribution < 1.29 is 19.8 Å². The minimum absolute atomic E-state index is 0.0890. The third-order valence-electron chi connectivity index (χ3n) is 3.97. The fourth-order valence-electron chi connectivity index (χ4n) is 2.96. The largest absolute Gasteiger partial charge is 0.506 e. The Morgan fingerprint density at radius 3 is 1.32 bits per heavy atom. The van der Waals surface area contributed by atoms with Crippen LogP contribution in [0.2, 0.25) is 0 Å². The van der Waals surface area contributed by atoms with Crippen LogP contribution in [0.1, 0.15) is 31.8 Å². The van der Waals surface area contributed by atoms with E-state index in [2.05, 4.69) is 31.9 Å². The highest BCUT2D eigenvalue weighted by Crippen LogP contribution is 2.44. The van der Waals surface area contributed by atoms with Crippen LogP contribution in [-0.4, -0.2) is 21.8 Å². The molecule has 2 N–H and O–H groups in total. The molecule has 0 amide bonds. The zero-order chi connectivity index (χ0) is 15.8. The van der Waals surface area contributed by atoms with E-state index in [4.69, 9.17) is 0 Å². The molecule has 2 aromatic carbocycles. The van der Waals surface area contributed by atoms with E-state index in [9.17, 15) is 19.8 Å². The Kier molecular flexibility index (Phi) is 2.68. The predicted octanol–water partition coefficient (Wildman–Crippen LogP) is 4.48. The predicted molar refractivity (Wildman–Crippen MR) is 89.6 cm³/mol. The number of ketones is 2. The summed E-state index contributed by atoms with van der Waals surface area (Å²) in [4.78, 5) is 24.7. The van der Waals surface area contributed by atoms with E-state index < -0.39 is 0 Å². The van der Waals surface area contributed by atoms with Crippen molar-refractivity contribution in [2.75, 3.05) is 0 Å². The molecular formula is C16H6Br2O4. The van der Waals surface area contributed by atoms with Crippen LogP contribution in [-0.2, 0) is 0 Å². The highest BCUT2D eigenvalue weighted by molar-refractivity contribution is 9.12. The average molecular weight is 422 g/mol. The van der Waals surface area contributed by atoms with Gasteiger partial charge in [0.2, 0.25) is 11.6 Å². The highest BCUT2D eigenvalue weighted by atomic mass is 79.9. The molecule has 4 rings (SSSR count). The van der Waals surface area contributed by atoms with Gasteiger partial charge in [-0.3, -0.25) is 9.59 Å². The number of hydrogen-bond acceptors (Lipinski definition) is 4. The summed E-state index contributed by atoms with van der Waals surface area (Å²) < 4.78 is 0.178. The van der Waals surface area contributed by atoms with E-state index in [-0.39, 0.29) is 32.0 Å². The van der Waals surface area contributed by atoms with Gasteiger partial charge in [0.05, 0.1) is 0 Å². The summed E-state index contributed by atoms with van der Waals surface area (Å²) >= 11 is 6.20. The second-order valence-electron chi connectivity index (χ2n) is 5.05. The molecule has 0 spiro atoms. The smallest absolute Gasteiger partial charge is 0.204 e. The molecule has 2 aliphatic carbocycles. The molecule has 0 bridgehead atoms. The zero-order valence-corrected chi connectivity index (χ0v) is 13.9. The molecule has 4 nitrogen and oxygen atoms in total. The van der Waals surface area contributed by atoms with Gasteiger partial charge in [0.15, 0.2) is 0 Å². The molecule has 0 saturated heterocycles. The summed E-state index contributed by atoms with van der Waals surface area (Å²) in [6.45, 7) is 0. The second kappa shape index (κ2) is 4.30. The van der Waals surface area contributed by atoms with Gasteiger partial charge >= 0.3 is 0 Å². The number of halogens is 2. The van der Waals surface area contributed by atoms with Gasteiger partial charge in [0.1, 0.15) is 20.5 Å². The average Bonchev–Trinajstić information content (AvgIpc) is 2.53. The van der Waals surface area contributed by atoms with Gasteiger partial charge in [0, 0.05) is 33.0 Å². The SMILES string of the molecule is O=C1C(Br)=C(O)c2ccc3c4c(ccc1c24)C(O)=C(Br)C3=O. The summed E-state index contributed by atoms with van der Waals surface area (Å²) in [7, 11) is 0. The van der Waals surface area contributed by atoms with Crippen LogP contribution in [0.5, 0.6) is 0 Å². The van der Waals surface area contributed by atoms with Crippen molar-refractivity contribution in [2.24, 2.45) is 0 Å². The standard InChI is InChI=1S/C16H6Br2O4/c17-11-13(19)5-1-2-6-10-8(16(22)12(18)14(6)20)4-3-7(9(5)10)15(11)21/h1-4,19,22H. The Morgan fingerprint density at radius 2 is 0.955 bits per heavy atom. The van der Waals surface area contributed by atoms with Gasteiger partial charge in [-0.1, -0.05) is 0 Å². The first-order chi connectivity index (χ1) is 10.4. The first-order valence-corrected chi connectivity index (χ1v) is 7.89. The van der Waals surface area contributed by atoms with Crippen molar-refractivity contribution in [3.05, 3.63) is 55.5 Å². The van der Waals surface area contributed by atoms with Crippen molar-refractivity contribution >= 4 is 65.7 Å². The molecule has 0 unspecified atom stereocenters. The molecule has 0 heterocycles. The number of aliphatic hydroxyl groups is 2. The lowest BCUT2D eigenvalue weighted by molar-refractivity contribution is 0.103. The summed E-state index contributed by atoms with van der Waals surface area (Å²) in [5.74, 6) is -1.04. The second-order valence-corrected chi connectivity index (χ2v) is 6.64. The minimum Gasteiger partial charge on any atom is -0.506 e. The molecule has 6 heteroatoms. The number of carbonyl (C=O) groups excluding carboxylic acids is 2. The molecule has 0 atom stereocenters. The zero-order valence-electron chi connectivity index (χ0n) is 10.8. The maximum Gasteiger partial charge on any atom is 0.204 e. The molecular weight excluding hydrogens is 416 g/mol. The van der Waals surface area contributed by atoms with E-state index in [1.165, 1.54) is 0 Å². The van der Waals surface area contributed by atoms with Crippen molar-refractivity contribution in [1.29, 1.82) is 0 Å². The summed E-state index contributed by atoms with van der Waals surface area (Å²) in [6.07, 6.45) is 0.